The fourth-order valence-corrected chi connectivity index (χ4v) is 4.02. The van der Waals surface area contributed by atoms with Gasteiger partial charge in [0.1, 0.15) is 21.3 Å². The molecule has 0 aliphatic rings. The van der Waals surface area contributed by atoms with E-state index >= 15 is 0 Å². The highest BCUT2D eigenvalue weighted by atomic mass is 32.1. The number of aromatic nitrogens is 1. The number of anilines is 2. The van der Waals surface area contributed by atoms with Crippen LogP contribution in [-0.2, 0) is 0 Å². The van der Waals surface area contributed by atoms with Gasteiger partial charge in [0.15, 0.2) is 0 Å². The van der Waals surface area contributed by atoms with Crippen molar-refractivity contribution >= 4 is 38.8 Å². The standard InChI is InChI=1S/C22H18FN3O2S/c1-12-11-15(28-2)7-9-17(12)25-21(27)20-19(24)16-8-10-18(26-22(16)29-20)13-3-5-14(23)6-4-13/h3-11H,24H2,1-2H3,(H,25,27). The maximum absolute atomic E-state index is 13.2. The summed E-state index contributed by atoms with van der Waals surface area (Å²) >= 11 is 1.23. The smallest absolute Gasteiger partial charge is 0.267 e. The number of amides is 1. The Balaban J connectivity index is 1.66. The third-order valence-electron chi connectivity index (χ3n) is 4.62. The maximum atomic E-state index is 13.2. The first-order chi connectivity index (χ1) is 14.0. The van der Waals surface area contributed by atoms with E-state index in [9.17, 15) is 9.18 Å². The number of carbonyl (C=O) groups is 1. The molecule has 2 heterocycles. The number of nitrogens with two attached hydrogens (primary N) is 1. The van der Waals surface area contributed by atoms with Crippen molar-refractivity contribution < 1.29 is 13.9 Å². The van der Waals surface area contributed by atoms with Crippen LogP contribution in [-0.4, -0.2) is 18.0 Å². The zero-order valence-electron chi connectivity index (χ0n) is 15.8. The van der Waals surface area contributed by atoms with E-state index in [0.29, 0.717) is 26.8 Å². The second-order valence-corrected chi connectivity index (χ2v) is 7.54. The number of halogens is 1. The van der Waals surface area contributed by atoms with Crippen molar-refractivity contribution in [2.45, 2.75) is 6.92 Å². The molecule has 0 aliphatic heterocycles. The van der Waals surface area contributed by atoms with Crippen LogP contribution in [0.4, 0.5) is 15.8 Å². The summed E-state index contributed by atoms with van der Waals surface area (Å²) in [6.07, 6.45) is 0. The van der Waals surface area contributed by atoms with Crippen LogP contribution in [0.3, 0.4) is 0 Å². The molecule has 2 aromatic carbocycles. The van der Waals surface area contributed by atoms with Crippen LogP contribution in [0.15, 0.2) is 54.6 Å². The summed E-state index contributed by atoms with van der Waals surface area (Å²) in [5.74, 6) is 0.129. The lowest BCUT2D eigenvalue weighted by Crippen LogP contribution is -2.12. The van der Waals surface area contributed by atoms with Crippen LogP contribution in [0.1, 0.15) is 15.2 Å². The zero-order valence-corrected chi connectivity index (χ0v) is 16.6. The summed E-state index contributed by atoms with van der Waals surface area (Å²) in [6, 6.07) is 15.2. The molecule has 4 rings (SSSR count). The van der Waals surface area contributed by atoms with Gasteiger partial charge in [-0.25, -0.2) is 9.37 Å². The quantitative estimate of drug-likeness (QED) is 0.484. The third kappa shape index (κ3) is 3.64. The van der Waals surface area contributed by atoms with Crippen molar-refractivity contribution in [2.24, 2.45) is 0 Å². The number of fused-ring (bicyclic) bond motifs is 1. The summed E-state index contributed by atoms with van der Waals surface area (Å²) in [5, 5.41) is 3.62. The number of nitrogen functional groups attached to an aromatic ring is 1. The van der Waals surface area contributed by atoms with Crippen LogP contribution in [0.2, 0.25) is 0 Å². The van der Waals surface area contributed by atoms with E-state index in [2.05, 4.69) is 10.3 Å². The Morgan fingerprint density at radius 1 is 1.14 bits per heavy atom. The van der Waals surface area contributed by atoms with E-state index in [1.165, 1.54) is 23.5 Å². The molecule has 5 nitrogen and oxygen atoms in total. The number of pyridine rings is 1. The van der Waals surface area contributed by atoms with Gasteiger partial charge in [0.2, 0.25) is 0 Å². The average Bonchev–Trinajstić information content (AvgIpc) is 3.06. The lowest BCUT2D eigenvalue weighted by molar-refractivity contribution is 0.103. The van der Waals surface area contributed by atoms with Gasteiger partial charge in [0, 0.05) is 16.6 Å². The van der Waals surface area contributed by atoms with Crippen LogP contribution in [0.25, 0.3) is 21.5 Å². The van der Waals surface area contributed by atoms with Crippen LogP contribution in [0.5, 0.6) is 5.75 Å². The monoisotopic (exact) mass is 407 g/mol. The number of nitrogens with zero attached hydrogens (tertiary/aromatic N) is 1. The average molecular weight is 407 g/mol. The number of rotatable bonds is 4. The molecule has 0 spiro atoms. The SMILES string of the molecule is COc1ccc(NC(=O)c2sc3nc(-c4ccc(F)cc4)ccc3c2N)c(C)c1. The molecule has 0 aliphatic carbocycles. The highest BCUT2D eigenvalue weighted by molar-refractivity contribution is 7.21. The molecular formula is C22H18FN3O2S. The minimum absolute atomic E-state index is 0.290. The Bertz CT molecular complexity index is 1220. The number of hydrogen-bond donors (Lipinski definition) is 2. The van der Waals surface area contributed by atoms with Gasteiger partial charge in [0.25, 0.3) is 5.91 Å². The minimum atomic E-state index is -0.303. The van der Waals surface area contributed by atoms with E-state index in [0.717, 1.165) is 22.3 Å². The summed E-state index contributed by atoms with van der Waals surface area (Å²) in [7, 11) is 1.60. The number of hydrogen-bond acceptors (Lipinski definition) is 5. The summed E-state index contributed by atoms with van der Waals surface area (Å²) in [4.78, 5) is 18.5. The Labute approximate surface area is 171 Å². The largest absolute Gasteiger partial charge is 0.497 e. The van der Waals surface area contributed by atoms with Crippen molar-refractivity contribution in [3.8, 4) is 17.0 Å². The summed E-state index contributed by atoms with van der Waals surface area (Å²) in [6.45, 7) is 1.89. The molecule has 1 amide bonds. The topological polar surface area (TPSA) is 77.2 Å². The van der Waals surface area contributed by atoms with Gasteiger partial charge < -0.3 is 15.8 Å². The molecule has 4 aromatic rings. The van der Waals surface area contributed by atoms with Crippen LogP contribution >= 0.6 is 11.3 Å². The van der Waals surface area contributed by atoms with Crippen LogP contribution < -0.4 is 15.8 Å². The highest BCUT2D eigenvalue weighted by Crippen LogP contribution is 2.35. The molecule has 0 unspecified atom stereocenters. The van der Waals surface area contributed by atoms with E-state index in [1.807, 2.05) is 25.1 Å². The molecule has 0 saturated heterocycles. The number of benzene rings is 2. The van der Waals surface area contributed by atoms with Gasteiger partial charge in [0.05, 0.1) is 18.5 Å². The number of aryl methyl sites for hydroxylation is 1. The molecule has 0 radical (unpaired) electrons. The molecule has 2 aromatic heterocycles. The van der Waals surface area contributed by atoms with Crippen molar-refractivity contribution in [1.29, 1.82) is 0 Å². The first kappa shape index (κ1) is 18.9. The van der Waals surface area contributed by atoms with Gasteiger partial charge in [-0.15, -0.1) is 11.3 Å². The fraction of sp³-hybridized carbons (Fsp3) is 0.0909. The summed E-state index contributed by atoms with van der Waals surface area (Å²) < 4.78 is 18.4. The van der Waals surface area contributed by atoms with Gasteiger partial charge in [-0.1, -0.05) is 0 Å². The number of methoxy groups -OCH3 is 1. The molecule has 29 heavy (non-hydrogen) atoms. The predicted octanol–water partition coefficient (Wildman–Crippen LogP) is 5.25. The molecule has 146 valence electrons. The Kier molecular flexibility index (Phi) is 4.90. The van der Waals surface area contributed by atoms with Gasteiger partial charge in [-0.05, 0) is 67.1 Å². The highest BCUT2D eigenvalue weighted by Gasteiger charge is 2.18. The van der Waals surface area contributed by atoms with Gasteiger partial charge in [-0.3, -0.25) is 4.79 Å². The molecule has 0 saturated carbocycles. The molecule has 0 bridgehead atoms. The van der Waals surface area contributed by atoms with Crippen molar-refractivity contribution in [1.82, 2.24) is 4.98 Å². The molecular weight excluding hydrogens is 389 g/mol. The van der Waals surface area contributed by atoms with E-state index < -0.39 is 0 Å². The normalized spacial score (nSPS) is 10.9. The first-order valence-electron chi connectivity index (χ1n) is 8.87. The lowest BCUT2D eigenvalue weighted by atomic mass is 10.1. The van der Waals surface area contributed by atoms with Crippen LogP contribution in [0, 0.1) is 12.7 Å². The molecule has 0 fully saturated rings. The van der Waals surface area contributed by atoms with Crippen molar-refractivity contribution in [3.05, 3.63) is 70.9 Å². The van der Waals surface area contributed by atoms with E-state index in [1.54, 1.807) is 31.4 Å². The molecule has 7 heteroatoms. The molecule has 3 N–H and O–H groups in total. The third-order valence-corrected chi connectivity index (χ3v) is 5.74. The number of thiophene rings is 1. The lowest BCUT2D eigenvalue weighted by Gasteiger charge is -2.09. The maximum Gasteiger partial charge on any atom is 0.267 e. The second kappa shape index (κ2) is 7.52. The van der Waals surface area contributed by atoms with E-state index in [4.69, 9.17) is 10.5 Å². The van der Waals surface area contributed by atoms with Crippen molar-refractivity contribution in [3.63, 3.8) is 0 Å². The van der Waals surface area contributed by atoms with Gasteiger partial charge in [-0.2, -0.15) is 0 Å². The number of carbonyl (C=O) groups excluding carboxylic acids is 1. The minimum Gasteiger partial charge on any atom is -0.497 e. The zero-order chi connectivity index (χ0) is 20.5. The predicted molar refractivity (Wildman–Crippen MR) is 115 cm³/mol. The Hall–Kier alpha value is -3.45. The second-order valence-electron chi connectivity index (χ2n) is 6.54. The summed E-state index contributed by atoms with van der Waals surface area (Å²) in [5.41, 5.74) is 9.68. The first-order valence-corrected chi connectivity index (χ1v) is 9.69. The number of ether oxygens (including phenoxy) is 1. The van der Waals surface area contributed by atoms with Crippen molar-refractivity contribution in [2.75, 3.05) is 18.2 Å². The fourth-order valence-electron chi connectivity index (χ4n) is 3.03. The van der Waals surface area contributed by atoms with E-state index in [-0.39, 0.29) is 11.7 Å². The van der Waals surface area contributed by atoms with Gasteiger partial charge >= 0.3 is 0 Å². The number of nitrogens with one attached hydrogen (secondary N) is 1. The Morgan fingerprint density at radius 2 is 1.90 bits per heavy atom. The Morgan fingerprint density at radius 3 is 2.59 bits per heavy atom. The molecule has 0 atom stereocenters.